The van der Waals surface area contributed by atoms with Crippen LogP contribution >= 0.6 is 0 Å². The van der Waals surface area contributed by atoms with E-state index in [9.17, 15) is 13.2 Å². The molecule has 0 aromatic rings. The molecule has 0 unspecified atom stereocenters. The number of methoxy groups -OCH3 is 1. The lowest BCUT2D eigenvalue weighted by atomic mass is 10.7. The van der Waals surface area contributed by atoms with Crippen LogP contribution in [0.4, 0.5) is 0 Å². The maximum atomic E-state index is 10.2. The van der Waals surface area contributed by atoms with Crippen LogP contribution in [-0.4, -0.2) is 26.0 Å². The molecule has 0 aliphatic carbocycles. The summed E-state index contributed by atoms with van der Waals surface area (Å²) in [6.07, 6.45) is 0.606. The molecule has 0 aliphatic rings. The molecule has 0 amide bonds. The number of carbonyl (C=O) groups excluding carboxylic acids is 1. The fourth-order valence-corrected chi connectivity index (χ4v) is 0.493. The number of carbonyl (C=O) groups is 1. The molecule has 6 heteroatoms. The van der Waals surface area contributed by atoms with Gasteiger partial charge >= 0.3 is 5.97 Å². The first kappa shape index (κ1) is 9.12. The highest BCUT2D eigenvalue weighted by Crippen LogP contribution is 1.85. The Labute approximate surface area is 58.0 Å². The Hall–Kier alpha value is -0.880. The number of rotatable bonds is 2. The second-order valence-electron chi connectivity index (χ2n) is 1.34. The summed E-state index contributed by atoms with van der Waals surface area (Å²) >= 11 is 0. The summed E-state index contributed by atoms with van der Waals surface area (Å²) in [5.41, 5.74) is 0. The van der Waals surface area contributed by atoms with Crippen molar-refractivity contribution in [2.24, 2.45) is 0 Å². The Kier molecular flexibility index (Phi) is 3.04. The summed E-state index contributed by atoms with van der Waals surface area (Å²) in [6, 6.07) is 0. The molecule has 0 spiro atoms. The molecule has 0 aromatic carbocycles. The van der Waals surface area contributed by atoms with Crippen LogP contribution in [0.5, 0.6) is 0 Å². The summed E-state index contributed by atoms with van der Waals surface area (Å²) in [7, 11) is -3.12. The van der Waals surface area contributed by atoms with Gasteiger partial charge in [0, 0.05) is 6.08 Å². The van der Waals surface area contributed by atoms with Crippen LogP contribution in [0.2, 0.25) is 0 Å². The van der Waals surface area contributed by atoms with Gasteiger partial charge < -0.3 is 4.74 Å². The van der Waals surface area contributed by atoms with E-state index in [1.54, 1.807) is 0 Å². The zero-order valence-corrected chi connectivity index (χ0v) is 5.96. The lowest BCUT2D eigenvalue weighted by Crippen LogP contribution is -1.97. The third kappa shape index (κ3) is 5.26. The molecule has 0 bridgehead atoms. The normalized spacial score (nSPS) is 11.8. The summed E-state index contributed by atoms with van der Waals surface area (Å²) in [4.78, 5) is 10.2. The second kappa shape index (κ2) is 3.33. The summed E-state index contributed by atoms with van der Waals surface area (Å²) < 4.78 is 31.9. The van der Waals surface area contributed by atoms with E-state index in [2.05, 4.69) is 4.74 Å². The summed E-state index contributed by atoms with van der Waals surface area (Å²) in [5.74, 6) is -0.836. The first-order chi connectivity index (χ1) is 4.45. The quantitative estimate of drug-likeness (QED) is 0.341. The first-order valence-corrected chi connectivity index (χ1v) is 3.69. The molecule has 58 valence electrons. The molecule has 0 saturated heterocycles. The fourth-order valence-electron chi connectivity index (χ4n) is 0.210. The largest absolute Gasteiger partial charge is 0.466 e. The number of ether oxygens (including phenoxy) is 1. The SMILES string of the molecule is COC(=O)C=CS(=O)(=O)O. The zero-order chi connectivity index (χ0) is 8.20. The van der Waals surface area contributed by atoms with Crippen molar-refractivity contribution in [3.05, 3.63) is 11.5 Å². The zero-order valence-electron chi connectivity index (χ0n) is 5.14. The summed E-state index contributed by atoms with van der Waals surface area (Å²) in [5, 5.41) is 0.346. The molecular formula is C4H6O5S. The van der Waals surface area contributed by atoms with Crippen molar-refractivity contribution in [3.63, 3.8) is 0 Å². The van der Waals surface area contributed by atoms with Gasteiger partial charge in [-0.3, -0.25) is 4.55 Å². The average molecular weight is 166 g/mol. The Bertz CT molecular complexity index is 236. The topological polar surface area (TPSA) is 80.7 Å². The van der Waals surface area contributed by atoms with Crippen molar-refractivity contribution < 1.29 is 22.5 Å². The molecule has 0 rings (SSSR count). The van der Waals surface area contributed by atoms with Crippen molar-refractivity contribution in [2.75, 3.05) is 7.11 Å². The monoisotopic (exact) mass is 166 g/mol. The predicted molar refractivity (Wildman–Crippen MR) is 32.7 cm³/mol. The minimum atomic E-state index is -4.21. The van der Waals surface area contributed by atoms with Gasteiger partial charge in [-0.25, -0.2) is 4.79 Å². The molecule has 0 heterocycles. The predicted octanol–water partition coefficient (Wildman–Crippen LogP) is -0.439. The Morgan fingerprint density at radius 1 is 1.60 bits per heavy atom. The maximum absolute atomic E-state index is 10.2. The number of esters is 1. The van der Waals surface area contributed by atoms with Crippen molar-refractivity contribution in [1.82, 2.24) is 0 Å². The van der Waals surface area contributed by atoms with E-state index in [1.807, 2.05) is 0 Å². The van der Waals surface area contributed by atoms with Gasteiger partial charge in [-0.05, 0) is 0 Å². The highest BCUT2D eigenvalue weighted by molar-refractivity contribution is 7.88. The molecule has 0 aliphatic heterocycles. The average Bonchev–Trinajstić information content (AvgIpc) is 1.81. The van der Waals surface area contributed by atoms with Gasteiger partial charge in [0.05, 0.1) is 12.5 Å². The fraction of sp³-hybridized carbons (Fsp3) is 0.250. The molecular weight excluding hydrogens is 160 g/mol. The van der Waals surface area contributed by atoms with Crippen molar-refractivity contribution in [1.29, 1.82) is 0 Å². The van der Waals surface area contributed by atoms with E-state index in [-0.39, 0.29) is 0 Å². The van der Waals surface area contributed by atoms with E-state index in [4.69, 9.17) is 4.55 Å². The van der Waals surface area contributed by atoms with Crippen LogP contribution in [0.15, 0.2) is 11.5 Å². The Morgan fingerprint density at radius 2 is 2.10 bits per heavy atom. The molecule has 1 N–H and O–H groups in total. The van der Waals surface area contributed by atoms with Gasteiger partial charge in [0.25, 0.3) is 10.1 Å². The lowest BCUT2D eigenvalue weighted by molar-refractivity contribution is -0.134. The Morgan fingerprint density at radius 3 is 2.40 bits per heavy atom. The highest BCUT2D eigenvalue weighted by Gasteiger charge is 1.98. The van der Waals surface area contributed by atoms with E-state index >= 15 is 0 Å². The lowest BCUT2D eigenvalue weighted by Gasteiger charge is -1.87. The van der Waals surface area contributed by atoms with Gasteiger partial charge in [-0.1, -0.05) is 0 Å². The van der Waals surface area contributed by atoms with Gasteiger partial charge in [-0.2, -0.15) is 8.42 Å². The molecule has 0 saturated carbocycles. The van der Waals surface area contributed by atoms with Crippen molar-refractivity contribution in [2.45, 2.75) is 0 Å². The first-order valence-electron chi connectivity index (χ1n) is 2.19. The van der Waals surface area contributed by atoms with Crippen LogP contribution in [0.25, 0.3) is 0 Å². The van der Waals surface area contributed by atoms with Gasteiger partial charge in [0.15, 0.2) is 0 Å². The van der Waals surface area contributed by atoms with Crippen LogP contribution < -0.4 is 0 Å². The van der Waals surface area contributed by atoms with Gasteiger partial charge in [0.2, 0.25) is 0 Å². The van der Waals surface area contributed by atoms with E-state index in [1.165, 1.54) is 0 Å². The molecule has 0 atom stereocenters. The third-order valence-electron chi connectivity index (χ3n) is 0.577. The van der Waals surface area contributed by atoms with E-state index in [0.717, 1.165) is 7.11 Å². The minimum absolute atomic E-state index is 0.346. The van der Waals surface area contributed by atoms with E-state index < -0.39 is 16.1 Å². The molecule has 0 radical (unpaired) electrons. The third-order valence-corrected chi connectivity index (χ3v) is 1.06. The van der Waals surface area contributed by atoms with Gasteiger partial charge in [0.1, 0.15) is 0 Å². The van der Waals surface area contributed by atoms with E-state index in [0.29, 0.717) is 11.5 Å². The maximum Gasteiger partial charge on any atom is 0.331 e. The van der Waals surface area contributed by atoms with Crippen LogP contribution in [-0.2, 0) is 19.6 Å². The van der Waals surface area contributed by atoms with Crippen molar-refractivity contribution >= 4 is 16.1 Å². The molecule has 10 heavy (non-hydrogen) atoms. The summed E-state index contributed by atoms with van der Waals surface area (Å²) in [6.45, 7) is 0. The number of hydrogen-bond donors (Lipinski definition) is 1. The van der Waals surface area contributed by atoms with Crippen molar-refractivity contribution in [3.8, 4) is 0 Å². The molecule has 5 nitrogen and oxygen atoms in total. The molecule has 0 fully saturated rings. The van der Waals surface area contributed by atoms with Crippen LogP contribution in [0.1, 0.15) is 0 Å². The Balaban J connectivity index is 4.15. The second-order valence-corrected chi connectivity index (χ2v) is 2.64. The van der Waals surface area contributed by atoms with Gasteiger partial charge in [-0.15, -0.1) is 0 Å². The van der Waals surface area contributed by atoms with Crippen LogP contribution in [0.3, 0.4) is 0 Å². The number of hydrogen-bond acceptors (Lipinski definition) is 4. The highest BCUT2D eigenvalue weighted by atomic mass is 32.2. The smallest absolute Gasteiger partial charge is 0.331 e. The molecule has 0 aromatic heterocycles. The minimum Gasteiger partial charge on any atom is -0.466 e. The standard InChI is InChI=1S/C4H6O5S/c1-9-4(5)2-3-10(6,7)8/h2-3H,1H3,(H,6,7,8). The van der Waals surface area contributed by atoms with Crippen LogP contribution in [0, 0.1) is 0 Å².